The molecule has 1 fully saturated rings. The summed E-state index contributed by atoms with van der Waals surface area (Å²) < 4.78 is 9.64. The minimum absolute atomic E-state index is 0.116. The van der Waals surface area contributed by atoms with Crippen molar-refractivity contribution in [2.75, 3.05) is 13.7 Å². The molecule has 0 saturated carbocycles. The molecule has 0 aliphatic carbocycles. The van der Waals surface area contributed by atoms with E-state index < -0.39 is 23.9 Å². The highest BCUT2D eigenvalue weighted by Crippen LogP contribution is 2.15. The van der Waals surface area contributed by atoms with Crippen molar-refractivity contribution in [3.8, 4) is 0 Å². The fourth-order valence-corrected chi connectivity index (χ4v) is 1.72. The highest BCUT2D eigenvalue weighted by molar-refractivity contribution is 5.87. The number of ether oxygens (including phenoxy) is 2. The Hall–Kier alpha value is -1.63. The minimum Gasteiger partial charge on any atom is -0.480 e. The second-order valence-corrected chi connectivity index (χ2v) is 4.08. The Morgan fingerprint density at radius 1 is 1.50 bits per heavy atom. The Labute approximate surface area is 104 Å². The van der Waals surface area contributed by atoms with Gasteiger partial charge in [-0.3, -0.25) is 9.59 Å². The number of carbonyl (C=O) groups excluding carboxylic acids is 2. The van der Waals surface area contributed by atoms with Gasteiger partial charge in [0, 0.05) is 6.61 Å². The number of carboxylic acids is 1. The Morgan fingerprint density at radius 3 is 2.72 bits per heavy atom. The van der Waals surface area contributed by atoms with Crippen molar-refractivity contribution in [2.45, 2.75) is 37.8 Å². The van der Waals surface area contributed by atoms with Gasteiger partial charge in [-0.15, -0.1) is 0 Å². The van der Waals surface area contributed by atoms with E-state index in [4.69, 9.17) is 9.84 Å². The van der Waals surface area contributed by atoms with Gasteiger partial charge in [0.2, 0.25) is 5.91 Å². The number of aliphatic carboxylic acids is 1. The predicted molar refractivity (Wildman–Crippen MR) is 59.8 cm³/mol. The predicted octanol–water partition coefficient (Wildman–Crippen LogP) is -0.312. The third kappa shape index (κ3) is 4.70. The molecule has 0 radical (unpaired) electrons. The first-order chi connectivity index (χ1) is 8.52. The standard InChI is InChI=1S/C11H17NO6/c1-17-10(14)6-8(11(15)16)12-9(13)5-7-3-2-4-18-7/h7-8H,2-6H2,1H3,(H,12,13)(H,15,16)/t7?,8-/m1/s1. The number of carboxylic acid groups (broad SMARTS) is 1. The summed E-state index contributed by atoms with van der Waals surface area (Å²) >= 11 is 0. The first-order valence-corrected chi connectivity index (χ1v) is 5.73. The van der Waals surface area contributed by atoms with E-state index in [1.54, 1.807) is 0 Å². The van der Waals surface area contributed by atoms with Crippen LogP contribution < -0.4 is 5.32 Å². The van der Waals surface area contributed by atoms with Crippen LogP contribution in [0.15, 0.2) is 0 Å². The number of esters is 1. The maximum Gasteiger partial charge on any atom is 0.326 e. The topological polar surface area (TPSA) is 102 Å². The van der Waals surface area contributed by atoms with Crippen LogP contribution in [-0.4, -0.2) is 48.8 Å². The molecule has 1 amide bonds. The molecule has 1 aliphatic heterocycles. The van der Waals surface area contributed by atoms with Crippen molar-refractivity contribution in [3.05, 3.63) is 0 Å². The molecule has 1 rings (SSSR count). The van der Waals surface area contributed by atoms with Gasteiger partial charge in [-0.1, -0.05) is 0 Å². The largest absolute Gasteiger partial charge is 0.480 e. The summed E-state index contributed by atoms with van der Waals surface area (Å²) in [5.41, 5.74) is 0. The van der Waals surface area contributed by atoms with E-state index in [9.17, 15) is 14.4 Å². The van der Waals surface area contributed by atoms with Crippen molar-refractivity contribution in [1.29, 1.82) is 0 Å². The van der Waals surface area contributed by atoms with Gasteiger partial charge in [0.15, 0.2) is 0 Å². The van der Waals surface area contributed by atoms with Gasteiger partial charge in [-0.25, -0.2) is 4.79 Å². The second-order valence-electron chi connectivity index (χ2n) is 4.08. The van der Waals surface area contributed by atoms with Crippen LogP contribution in [0, 0.1) is 0 Å². The molecule has 0 aromatic rings. The molecule has 1 heterocycles. The molecule has 102 valence electrons. The highest BCUT2D eigenvalue weighted by Gasteiger charge is 2.26. The molecule has 2 atom stereocenters. The lowest BCUT2D eigenvalue weighted by molar-refractivity contribution is -0.148. The smallest absolute Gasteiger partial charge is 0.326 e. The van der Waals surface area contributed by atoms with Gasteiger partial charge in [-0.05, 0) is 12.8 Å². The lowest BCUT2D eigenvalue weighted by Crippen LogP contribution is -2.43. The number of hydrogen-bond donors (Lipinski definition) is 2. The van der Waals surface area contributed by atoms with Crippen molar-refractivity contribution >= 4 is 17.8 Å². The summed E-state index contributed by atoms with van der Waals surface area (Å²) in [5, 5.41) is 11.2. The molecule has 7 nitrogen and oxygen atoms in total. The molecular formula is C11H17NO6. The molecule has 7 heteroatoms. The molecule has 0 bridgehead atoms. The summed E-state index contributed by atoms with van der Waals surface area (Å²) in [6, 6.07) is -1.26. The maximum atomic E-state index is 11.6. The van der Waals surface area contributed by atoms with Gasteiger partial charge >= 0.3 is 11.9 Å². The Kier molecular flexibility index (Phi) is 5.57. The van der Waals surface area contributed by atoms with Crippen LogP contribution >= 0.6 is 0 Å². The van der Waals surface area contributed by atoms with E-state index in [1.165, 1.54) is 0 Å². The van der Waals surface area contributed by atoms with Gasteiger partial charge < -0.3 is 19.9 Å². The lowest BCUT2D eigenvalue weighted by atomic mass is 10.1. The van der Waals surface area contributed by atoms with Gasteiger partial charge in [0.1, 0.15) is 6.04 Å². The molecule has 0 spiro atoms. The fraction of sp³-hybridized carbons (Fsp3) is 0.727. The Morgan fingerprint density at radius 2 is 2.22 bits per heavy atom. The zero-order chi connectivity index (χ0) is 13.5. The number of rotatable bonds is 6. The van der Waals surface area contributed by atoms with Gasteiger partial charge in [0.25, 0.3) is 0 Å². The summed E-state index contributed by atoms with van der Waals surface area (Å²) in [6.07, 6.45) is 1.27. The van der Waals surface area contributed by atoms with Gasteiger partial charge in [0.05, 0.1) is 26.1 Å². The van der Waals surface area contributed by atoms with E-state index in [1.807, 2.05) is 0 Å². The van der Waals surface area contributed by atoms with Crippen LogP contribution in [0.3, 0.4) is 0 Å². The molecule has 0 aromatic heterocycles. The van der Waals surface area contributed by atoms with Gasteiger partial charge in [-0.2, -0.15) is 0 Å². The number of methoxy groups -OCH3 is 1. The van der Waals surface area contributed by atoms with E-state index in [-0.39, 0.29) is 18.9 Å². The van der Waals surface area contributed by atoms with E-state index >= 15 is 0 Å². The number of hydrogen-bond acceptors (Lipinski definition) is 5. The van der Waals surface area contributed by atoms with Crippen LogP contribution in [0.4, 0.5) is 0 Å². The number of carbonyl (C=O) groups is 3. The van der Waals surface area contributed by atoms with Crippen LogP contribution in [0.1, 0.15) is 25.7 Å². The molecule has 1 unspecified atom stereocenters. The van der Waals surface area contributed by atoms with E-state index in [0.717, 1.165) is 20.0 Å². The third-order valence-corrected chi connectivity index (χ3v) is 2.67. The van der Waals surface area contributed by atoms with Crippen molar-refractivity contribution < 1.29 is 29.0 Å². The van der Waals surface area contributed by atoms with Crippen LogP contribution in [0.2, 0.25) is 0 Å². The molecule has 1 aliphatic rings. The van der Waals surface area contributed by atoms with E-state index in [2.05, 4.69) is 10.1 Å². The Balaban J connectivity index is 2.41. The van der Waals surface area contributed by atoms with Crippen LogP contribution in [0.25, 0.3) is 0 Å². The quantitative estimate of drug-likeness (QED) is 0.634. The lowest BCUT2D eigenvalue weighted by Gasteiger charge is -2.15. The average Bonchev–Trinajstić information content (AvgIpc) is 2.80. The molecular weight excluding hydrogens is 242 g/mol. The Bertz CT molecular complexity index is 323. The summed E-state index contributed by atoms with van der Waals surface area (Å²) in [7, 11) is 1.16. The summed E-state index contributed by atoms with van der Waals surface area (Å²) in [5.74, 6) is -2.38. The molecule has 18 heavy (non-hydrogen) atoms. The first kappa shape index (κ1) is 14.4. The maximum absolute atomic E-state index is 11.6. The average molecular weight is 259 g/mol. The van der Waals surface area contributed by atoms with Crippen molar-refractivity contribution in [3.63, 3.8) is 0 Å². The van der Waals surface area contributed by atoms with Crippen molar-refractivity contribution in [2.24, 2.45) is 0 Å². The molecule has 0 aromatic carbocycles. The molecule has 2 N–H and O–H groups in total. The normalized spacial score (nSPS) is 20.2. The monoisotopic (exact) mass is 259 g/mol. The van der Waals surface area contributed by atoms with E-state index in [0.29, 0.717) is 6.61 Å². The summed E-state index contributed by atoms with van der Waals surface area (Å²) in [6.45, 7) is 0.627. The second kappa shape index (κ2) is 6.95. The highest BCUT2D eigenvalue weighted by atomic mass is 16.5. The van der Waals surface area contributed by atoms with Crippen LogP contribution in [0.5, 0.6) is 0 Å². The zero-order valence-corrected chi connectivity index (χ0v) is 10.2. The third-order valence-electron chi connectivity index (χ3n) is 2.67. The van der Waals surface area contributed by atoms with Crippen LogP contribution in [-0.2, 0) is 23.9 Å². The van der Waals surface area contributed by atoms with Crippen molar-refractivity contribution in [1.82, 2.24) is 5.32 Å². The first-order valence-electron chi connectivity index (χ1n) is 5.73. The number of nitrogens with one attached hydrogen (secondary N) is 1. The summed E-state index contributed by atoms with van der Waals surface area (Å²) in [4.78, 5) is 33.4. The molecule has 1 saturated heterocycles. The SMILES string of the molecule is COC(=O)C[C@@H](NC(=O)CC1CCCO1)C(=O)O. The zero-order valence-electron chi connectivity index (χ0n) is 10.2. The minimum atomic E-state index is -1.26. The fourth-order valence-electron chi connectivity index (χ4n) is 1.72. The number of amides is 1.